The van der Waals surface area contributed by atoms with Crippen molar-refractivity contribution in [3.63, 3.8) is 0 Å². The van der Waals surface area contributed by atoms with Gasteiger partial charge in [0.1, 0.15) is 5.75 Å². The van der Waals surface area contributed by atoms with Crippen molar-refractivity contribution in [1.82, 2.24) is 5.32 Å². The molecule has 0 aliphatic heterocycles. The van der Waals surface area contributed by atoms with Crippen LogP contribution in [-0.2, 0) is 4.79 Å². The van der Waals surface area contributed by atoms with Gasteiger partial charge >= 0.3 is 5.97 Å². The largest absolute Gasteiger partial charge is 0.427 e. The minimum absolute atomic E-state index is 0.355. The van der Waals surface area contributed by atoms with E-state index in [-0.39, 0.29) is 5.97 Å². The molecule has 0 atom stereocenters. The third-order valence-electron chi connectivity index (χ3n) is 1.91. The zero-order chi connectivity index (χ0) is 12.8. The summed E-state index contributed by atoms with van der Waals surface area (Å²) in [6.07, 6.45) is 1.68. The quantitative estimate of drug-likeness (QED) is 0.510. The number of carbonyl (C=O) groups is 1. The van der Waals surface area contributed by atoms with Crippen molar-refractivity contribution in [2.75, 3.05) is 7.05 Å². The van der Waals surface area contributed by atoms with Crippen LogP contribution >= 0.6 is 15.9 Å². The molecule has 0 aliphatic rings. The third kappa shape index (κ3) is 4.03. The zero-order valence-corrected chi connectivity index (χ0v) is 11.2. The summed E-state index contributed by atoms with van der Waals surface area (Å²) >= 11 is 3.29. The van der Waals surface area contributed by atoms with Crippen LogP contribution in [0.25, 0.3) is 0 Å². The maximum atomic E-state index is 10.7. The van der Waals surface area contributed by atoms with Crippen LogP contribution in [0.1, 0.15) is 12.5 Å². The van der Waals surface area contributed by atoms with E-state index in [0.29, 0.717) is 15.9 Å². The first-order valence-corrected chi connectivity index (χ1v) is 5.74. The van der Waals surface area contributed by atoms with Crippen molar-refractivity contribution in [3.8, 4) is 5.75 Å². The molecular formula is C12H13BrN2O2. The number of benzene rings is 1. The van der Waals surface area contributed by atoms with Crippen LogP contribution in [0.4, 0.5) is 0 Å². The lowest BCUT2D eigenvalue weighted by Gasteiger charge is -2.05. The van der Waals surface area contributed by atoms with Gasteiger partial charge in [0.15, 0.2) is 0 Å². The Bertz CT molecular complexity index is 452. The Kier molecular flexibility index (Phi) is 4.90. The molecule has 1 rings (SSSR count). The summed E-state index contributed by atoms with van der Waals surface area (Å²) in [6, 6.07) is 6.77. The summed E-state index contributed by atoms with van der Waals surface area (Å²) in [6.45, 7) is 1.35. The minimum Gasteiger partial charge on any atom is -0.427 e. The molecule has 1 aromatic rings. The van der Waals surface area contributed by atoms with Crippen molar-refractivity contribution in [2.45, 2.75) is 6.92 Å². The third-order valence-corrected chi connectivity index (χ3v) is 2.54. The number of rotatable bonds is 4. The fourth-order valence-electron chi connectivity index (χ4n) is 1.19. The van der Waals surface area contributed by atoms with Crippen LogP contribution in [0.3, 0.4) is 0 Å². The molecule has 0 saturated heterocycles. The summed E-state index contributed by atoms with van der Waals surface area (Å²) in [5, 5.41) is 10.7. The van der Waals surface area contributed by atoms with E-state index in [1.54, 1.807) is 37.5 Å². The smallest absolute Gasteiger partial charge is 0.308 e. The minimum atomic E-state index is -0.357. The van der Waals surface area contributed by atoms with Gasteiger partial charge in [0.25, 0.3) is 0 Å². The second-order valence-corrected chi connectivity index (χ2v) is 4.13. The Hall–Kier alpha value is -1.62. The molecule has 17 heavy (non-hydrogen) atoms. The van der Waals surface area contributed by atoms with Gasteiger partial charge in [-0.3, -0.25) is 10.2 Å². The van der Waals surface area contributed by atoms with E-state index in [4.69, 9.17) is 10.1 Å². The Morgan fingerprint density at radius 1 is 1.41 bits per heavy atom. The maximum Gasteiger partial charge on any atom is 0.308 e. The van der Waals surface area contributed by atoms with Crippen LogP contribution in [0, 0.1) is 5.41 Å². The lowest BCUT2D eigenvalue weighted by Crippen LogP contribution is -2.04. The molecule has 0 unspecified atom stereocenters. The summed E-state index contributed by atoms with van der Waals surface area (Å²) in [7, 11) is 1.76. The number of hydrogen-bond donors (Lipinski definition) is 2. The number of esters is 1. The number of nitrogens with one attached hydrogen (secondary N) is 2. The summed E-state index contributed by atoms with van der Waals surface area (Å²) in [5.41, 5.74) is 1.09. The van der Waals surface area contributed by atoms with Gasteiger partial charge in [0.05, 0.1) is 10.2 Å². The number of hydrogen-bond acceptors (Lipinski definition) is 4. The molecule has 5 heteroatoms. The van der Waals surface area contributed by atoms with Crippen LogP contribution in [0.15, 0.2) is 34.9 Å². The lowest BCUT2D eigenvalue weighted by atomic mass is 10.1. The van der Waals surface area contributed by atoms with E-state index in [2.05, 4.69) is 21.2 Å². The van der Waals surface area contributed by atoms with Crippen molar-refractivity contribution in [3.05, 3.63) is 40.5 Å². The molecule has 0 bridgehead atoms. The fourth-order valence-corrected chi connectivity index (χ4v) is 1.65. The van der Waals surface area contributed by atoms with Gasteiger partial charge in [-0.1, -0.05) is 0 Å². The van der Waals surface area contributed by atoms with E-state index >= 15 is 0 Å². The van der Waals surface area contributed by atoms with Gasteiger partial charge < -0.3 is 10.1 Å². The van der Waals surface area contributed by atoms with Gasteiger partial charge in [0, 0.05) is 25.7 Å². The van der Waals surface area contributed by atoms with Crippen LogP contribution < -0.4 is 10.1 Å². The number of halogens is 1. The molecular weight excluding hydrogens is 284 g/mol. The highest BCUT2D eigenvalue weighted by Crippen LogP contribution is 2.17. The molecule has 90 valence electrons. The SMILES string of the molecule is CN/C=C(/Br)C(=N)c1ccc(OC(C)=O)cc1. The van der Waals surface area contributed by atoms with Gasteiger partial charge in [-0.05, 0) is 40.2 Å². The van der Waals surface area contributed by atoms with Crippen LogP contribution in [0.2, 0.25) is 0 Å². The molecule has 1 aromatic carbocycles. The van der Waals surface area contributed by atoms with E-state index in [1.807, 2.05) is 0 Å². The zero-order valence-electron chi connectivity index (χ0n) is 9.58. The molecule has 0 fully saturated rings. The van der Waals surface area contributed by atoms with Gasteiger partial charge in [-0.15, -0.1) is 0 Å². The van der Waals surface area contributed by atoms with E-state index in [9.17, 15) is 4.79 Å². The van der Waals surface area contributed by atoms with Crippen molar-refractivity contribution < 1.29 is 9.53 Å². The predicted molar refractivity (Wildman–Crippen MR) is 70.6 cm³/mol. The molecule has 0 spiro atoms. The fraction of sp³-hybridized carbons (Fsp3) is 0.167. The number of allylic oxidation sites excluding steroid dienone is 1. The highest BCUT2D eigenvalue weighted by Gasteiger charge is 2.05. The molecule has 0 saturated carbocycles. The molecule has 0 aromatic heterocycles. The Labute approximate surface area is 108 Å². The highest BCUT2D eigenvalue weighted by atomic mass is 79.9. The standard InChI is InChI=1S/C12H13BrN2O2/c1-8(16)17-10-5-3-9(4-6-10)12(14)11(13)7-15-2/h3-7,14-15H,1-2H3/b11-7+,14-12?. The molecule has 0 aliphatic carbocycles. The topological polar surface area (TPSA) is 62.2 Å². The first-order valence-electron chi connectivity index (χ1n) is 4.95. The monoisotopic (exact) mass is 296 g/mol. The molecule has 2 N–H and O–H groups in total. The van der Waals surface area contributed by atoms with E-state index in [1.165, 1.54) is 6.92 Å². The lowest BCUT2D eigenvalue weighted by molar-refractivity contribution is -0.131. The second kappa shape index (κ2) is 6.20. The van der Waals surface area contributed by atoms with Crippen molar-refractivity contribution >= 4 is 27.6 Å². The average Bonchev–Trinajstić information content (AvgIpc) is 2.28. The molecule has 0 heterocycles. The van der Waals surface area contributed by atoms with Gasteiger partial charge in [-0.25, -0.2) is 0 Å². The first kappa shape index (κ1) is 13.4. The average molecular weight is 297 g/mol. The summed E-state index contributed by atoms with van der Waals surface area (Å²) < 4.78 is 5.56. The van der Waals surface area contributed by atoms with Crippen molar-refractivity contribution in [2.24, 2.45) is 0 Å². The van der Waals surface area contributed by atoms with Gasteiger partial charge in [-0.2, -0.15) is 0 Å². The van der Waals surface area contributed by atoms with E-state index < -0.39 is 0 Å². The van der Waals surface area contributed by atoms with Crippen LogP contribution in [-0.4, -0.2) is 18.7 Å². The maximum absolute atomic E-state index is 10.7. The Morgan fingerprint density at radius 3 is 2.47 bits per heavy atom. The summed E-state index contributed by atoms with van der Waals surface area (Å²) in [4.78, 5) is 10.7. The number of carbonyl (C=O) groups excluding carboxylic acids is 1. The predicted octanol–water partition coefficient (Wildman–Crippen LogP) is 2.44. The van der Waals surface area contributed by atoms with Crippen LogP contribution in [0.5, 0.6) is 5.75 Å². The van der Waals surface area contributed by atoms with Crippen molar-refractivity contribution in [1.29, 1.82) is 5.41 Å². The van der Waals surface area contributed by atoms with Gasteiger partial charge in [0.2, 0.25) is 0 Å². The second-order valence-electron chi connectivity index (χ2n) is 3.27. The normalized spacial score (nSPS) is 10.9. The Morgan fingerprint density at radius 2 is 2.00 bits per heavy atom. The molecule has 0 amide bonds. The first-order chi connectivity index (χ1) is 8.04. The summed E-state index contributed by atoms with van der Waals surface area (Å²) in [5.74, 6) is 0.117. The Balaban J connectivity index is 2.84. The van der Waals surface area contributed by atoms with E-state index in [0.717, 1.165) is 5.56 Å². The highest BCUT2D eigenvalue weighted by molar-refractivity contribution is 9.12. The number of ether oxygens (including phenoxy) is 1. The molecule has 4 nitrogen and oxygen atoms in total. The molecule has 0 radical (unpaired) electrons.